The lowest BCUT2D eigenvalue weighted by Crippen LogP contribution is -2.49. The lowest BCUT2D eigenvalue weighted by molar-refractivity contribution is 0.349. The van der Waals surface area contributed by atoms with Crippen molar-refractivity contribution in [1.29, 1.82) is 0 Å². The maximum atomic E-state index is 4.79. The number of anilines is 1. The van der Waals surface area contributed by atoms with Crippen molar-refractivity contribution < 1.29 is 0 Å². The van der Waals surface area contributed by atoms with Crippen molar-refractivity contribution in [3.8, 4) is 0 Å². The number of imidazole rings is 1. The standard InChI is InChI=1S/C20H25N5/c1-13(2)20-21-7-8-24(20)10-16-11-25(12-16)18-6-5-17-14(3)9-15(4)22-19(17)23-18/h5-9,13,16H,10-12H2,1-4H3. The summed E-state index contributed by atoms with van der Waals surface area (Å²) >= 11 is 0. The summed E-state index contributed by atoms with van der Waals surface area (Å²) in [5.74, 6) is 3.33. The summed E-state index contributed by atoms with van der Waals surface area (Å²) in [4.78, 5) is 16.2. The number of aromatic nitrogens is 4. The van der Waals surface area contributed by atoms with Crippen molar-refractivity contribution in [3.63, 3.8) is 0 Å². The molecule has 1 saturated heterocycles. The van der Waals surface area contributed by atoms with E-state index in [2.05, 4.69) is 64.6 Å². The van der Waals surface area contributed by atoms with Gasteiger partial charge in [0.1, 0.15) is 11.6 Å². The van der Waals surface area contributed by atoms with Gasteiger partial charge in [0.15, 0.2) is 5.65 Å². The molecule has 0 spiro atoms. The Labute approximate surface area is 148 Å². The minimum atomic E-state index is 0.464. The van der Waals surface area contributed by atoms with Crippen LogP contribution in [0.5, 0.6) is 0 Å². The van der Waals surface area contributed by atoms with Crippen LogP contribution in [0.15, 0.2) is 30.6 Å². The van der Waals surface area contributed by atoms with Gasteiger partial charge in [-0.1, -0.05) is 13.8 Å². The van der Waals surface area contributed by atoms with Crippen LogP contribution in [0.2, 0.25) is 0 Å². The van der Waals surface area contributed by atoms with Crippen LogP contribution in [-0.2, 0) is 6.54 Å². The number of hydrogen-bond donors (Lipinski definition) is 0. The van der Waals surface area contributed by atoms with E-state index in [0.717, 1.165) is 42.2 Å². The Kier molecular flexibility index (Phi) is 3.94. The molecule has 0 aliphatic carbocycles. The van der Waals surface area contributed by atoms with Crippen molar-refractivity contribution in [2.45, 2.75) is 40.2 Å². The van der Waals surface area contributed by atoms with E-state index in [4.69, 9.17) is 4.98 Å². The lowest BCUT2D eigenvalue weighted by atomic mass is 9.99. The first-order valence-electron chi connectivity index (χ1n) is 9.02. The van der Waals surface area contributed by atoms with Crippen LogP contribution in [0.1, 0.15) is 36.8 Å². The average Bonchev–Trinajstić information content (AvgIpc) is 2.98. The third kappa shape index (κ3) is 2.99. The molecule has 1 aliphatic heterocycles. The summed E-state index contributed by atoms with van der Waals surface area (Å²) in [6, 6.07) is 6.39. The molecule has 0 radical (unpaired) electrons. The molecule has 4 rings (SSSR count). The predicted octanol–water partition coefficient (Wildman–Crippen LogP) is 3.70. The van der Waals surface area contributed by atoms with E-state index in [1.807, 2.05) is 13.1 Å². The molecule has 0 aromatic carbocycles. The first-order valence-corrected chi connectivity index (χ1v) is 9.02. The Balaban J connectivity index is 1.47. The summed E-state index contributed by atoms with van der Waals surface area (Å²) < 4.78 is 2.30. The van der Waals surface area contributed by atoms with Crippen molar-refractivity contribution in [1.82, 2.24) is 19.5 Å². The lowest BCUT2D eigenvalue weighted by Gasteiger charge is -2.40. The average molecular weight is 335 g/mol. The zero-order valence-corrected chi connectivity index (χ0v) is 15.4. The molecule has 5 heteroatoms. The number of aryl methyl sites for hydroxylation is 2. The number of hydrogen-bond acceptors (Lipinski definition) is 4. The van der Waals surface area contributed by atoms with E-state index in [1.54, 1.807) is 0 Å². The summed E-state index contributed by atoms with van der Waals surface area (Å²) in [6.07, 6.45) is 4.01. The van der Waals surface area contributed by atoms with Crippen LogP contribution in [0.3, 0.4) is 0 Å². The zero-order chi connectivity index (χ0) is 17.6. The number of fused-ring (bicyclic) bond motifs is 1. The topological polar surface area (TPSA) is 46.8 Å². The molecule has 4 heterocycles. The molecule has 3 aromatic rings. The minimum absolute atomic E-state index is 0.464. The maximum Gasteiger partial charge on any atom is 0.162 e. The second kappa shape index (κ2) is 6.14. The van der Waals surface area contributed by atoms with Crippen molar-refractivity contribution in [3.05, 3.63) is 47.7 Å². The summed E-state index contributed by atoms with van der Waals surface area (Å²) in [5, 5.41) is 1.14. The Bertz CT molecular complexity index is 906. The van der Waals surface area contributed by atoms with E-state index in [0.29, 0.717) is 11.8 Å². The maximum absolute atomic E-state index is 4.79. The monoisotopic (exact) mass is 335 g/mol. The highest BCUT2D eigenvalue weighted by Crippen LogP contribution is 2.27. The van der Waals surface area contributed by atoms with Gasteiger partial charge in [0.05, 0.1) is 0 Å². The van der Waals surface area contributed by atoms with Gasteiger partial charge in [0, 0.05) is 54.9 Å². The Morgan fingerprint density at radius 1 is 1.16 bits per heavy atom. The smallest absolute Gasteiger partial charge is 0.162 e. The van der Waals surface area contributed by atoms with Crippen LogP contribution < -0.4 is 4.90 Å². The molecule has 1 aliphatic rings. The highest BCUT2D eigenvalue weighted by molar-refractivity contribution is 5.80. The molecule has 5 nitrogen and oxygen atoms in total. The zero-order valence-electron chi connectivity index (χ0n) is 15.4. The predicted molar refractivity (Wildman–Crippen MR) is 101 cm³/mol. The number of rotatable bonds is 4. The normalized spacial score (nSPS) is 15.2. The van der Waals surface area contributed by atoms with Crippen molar-refractivity contribution in [2.24, 2.45) is 5.92 Å². The van der Waals surface area contributed by atoms with Crippen LogP contribution in [-0.4, -0.2) is 32.6 Å². The summed E-state index contributed by atoms with van der Waals surface area (Å²) in [6.45, 7) is 11.7. The molecule has 0 amide bonds. The van der Waals surface area contributed by atoms with Gasteiger partial charge in [-0.15, -0.1) is 0 Å². The van der Waals surface area contributed by atoms with Gasteiger partial charge in [0.25, 0.3) is 0 Å². The van der Waals surface area contributed by atoms with E-state index >= 15 is 0 Å². The molecular weight excluding hydrogens is 310 g/mol. The molecule has 130 valence electrons. The van der Waals surface area contributed by atoms with Gasteiger partial charge in [-0.05, 0) is 37.6 Å². The highest BCUT2D eigenvalue weighted by Gasteiger charge is 2.29. The fourth-order valence-electron chi connectivity index (χ4n) is 3.72. The van der Waals surface area contributed by atoms with E-state index < -0.39 is 0 Å². The number of nitrogens with zero attached hydrogens (tertiary/aromatic N) is 5. The largest absolute Gasteiger partial charge is 0.356 e. The van der Waals surface area contributed by atoms with E-state index in [9.17, 15) is 0 Å². The highest BCUT2D eigenvalue weighted by atomic mass is 15.3. The van der Waals surface area contributed by atoms with Gasteiger partial charge in [-0.25, -0.2) is 15.0 Å². The molecule has 1 fully saturated rings. The molecule has 3 aromatic heterocycles. The molecule has 0 unspecified atom stereocenters. The Hall–Kier alpha value is -2.43. The van der Waals surface area contributed by atoms with Gasteiger partial charge < -0.3 is 9.47 Å². The van der Waals surface area contributed by atoms with Crippen LogP contribution >= 0.6 is 0 Å². The minimum Gasteiger partial charge on any atom is -0.356 e. The fourth-order valence-corrected chi connectivity index (χ4v) is 3.72. The molecule has 0 N–H and O–H groups in total. The summed E-state index contributed by atoms with van der Waals surface area (Å²) in [7, 11) is 0. The SMILES string of the molecule is Cc1cc(C)c2ccc(N3CC(Cn4ccnc4C(C)C)C3)nc2n1. The first-order chi connectivity index (χ1) is 12.0. The molecule has 0 atom stereocenters. The second-order valence-electron chi connectivity index (χ2n) is 7.48. The quantitative estimate of drug-likeness (QED) is 0.729. The summed E-state index contributed by atoms with van der Waals surface area (Å²) in [5.41, 5.74) is 3.12. The molecular formula is C20H25N5. The second-order valence-corrected chi connectivity index (χ2v) is 7.48. The van der Waals surface area contributed by atoms with Crippen LogP contribution in [0.25, 0.3) is 11.0 Å². The third-order valence-electron chi connectivity index (χ3n) is 4.99. The fraction of sp³-hybridized carbons (Fsp3) is 0.450. The van der Waals surface area contributed by atoms with E-state index in [-0.39, 0.29) is 0 Å². The molecule has 0 saturated carbocycles. The number of pyridine rings is 2. The van der Waals surface area contributed by atoms with E-state index in [1.165, 1.54) is 11.4 Å². The molecule has 25 heavy (non-hydrogen) atoms. The molecule has 0 bridgehead atoms. The Morgan fingerprint density at radius 2 is 1.96 bits per heavy atom. The van der Waals surface area contributed by atoms with Gasteiger partial charge in [-0.2, -0.15) is 0 Å². The van der Waals surface area contributed by atoms with Crippen molar-refractivity contribution in [2.75, 3.05) is 18.0 Å². The van der Waals surface area contributed by atoms with Crippen molar-refractivity contribution >= 4 is 16.9 Å². The van der Waals surface area contributed by atoms with Gasteiger partial charge in [-0.3, -0.25) is 0 Å². The van der Waals surface area contributed by atoms with Crippen LogP contribution in [0.4, 0.5) is 5.82 Å². The van der Waals surface area contributed by atoms with Crippen LogP contribution in [0, 0.1) is 19.8 Å². The van der Waals surface area contributed by atoms with Gasteiger partial charge in [0.2, 0.25) is 0 Å². The first kappa shape index (κ1) is 16.1. The third-order valence-corrected chi connectivity index (χ3v) is 4.99. The van der Waals surface area contributed by atoms with Gasteiger partial charge >= 0.3 is 0 Å². The Morgan fingerprint density at radius 3 is 2.72 bits per heavy atom.